The number of imide groups is 1. The second-order valence-electron chi connectivity index (χ2n) is 8.02. The SMILES string of the molecule is CCCCOC(=O)c1ccc(-c2ccc(/C=C3\SC(=O)N(Cc4ccc(C)cc4)C3=O)o2)cc1. The first-order valence-electron chi connectivity index (χ1n) is 11.1. The van der Waals surface area contributed by atoms with Gasteiger partial charge in [-0.05, 0) is 54.9 Å². The van der Waals surface area contributed by atoms with Gasteiger partial charge in [0.15, 0.2) is 0 Å². The number of esters is 1. The van der Waals surface area contributed by atoms with E-state index in [0.717, 1.165) is 41.3 Å². The smallest absolute Gasteiger partial charge is 0.338 e. The first-order valence-corrected chi connectivity index (χ1v) is 11.9. The first kappa shape index (κ1) is 23.6. The molecule has 174 valence electrons. The van der Waals surface area contributed by atoms with Gasteiger partial charge in [0.25, 0.3) is 11.1 Å². The molecule has 0 radical (unpaired) electrons. The van der Waals surface area contributed by atoms with Crippen LogP contribution in [0.5, 0.6) is 0 Å². The number of hydrogen-bond acceptors (Lipinski definition) is 6. The lowest BCUT2D eigenvalue weighted by Crippen LogP contribution is -2.27. The van der Waals surface area contributed by atoms with Crippen LogP contribution in [-0.2, 0) is 16.1 Å². The Kier molecular flexibility index (Phi) is 7.33. The Morgan fingerprint density at radius 3 is 2.47 bits per heavy atom. The monoisotopic (exact) mass is 475 g/mol. The molecule has 0 N–H and O–H groups in total. The van der Waals surface area contributed by atoms with Crippen molar-refractivity contribution in [3.05, 3.63) is 88.0 Å². The van der Waals surface area contributed by atoms with E-state index in [1.165, 1.54) is 4.90 Å². The number of rotatable bonds is 8. The normalized spacial score (nSPS) is 14.8. The lowest BCUT2D eigenvalue weighted by molar-refractivity contribution is -0.123. The molecule has 1 aliphatic rings. The number of unbranched alkanes of at least 4 members (excludes halogenated alkanes) is 1. The number of hydrogen-bond donors (Lipinski definition) is 0. The van der Waals surface area contributed by atoms with Gasteiger partial charge in [-0.25, -0.2) is 4.79 Å². The molecule has 2 aromatic carbocycles. The maximum atomic E-state index is 12.8. The van der Waals surface area contributed by atoms with Crippen LogP contribution < -0.4 is 0 Å². The van der Waals surface area contributed by atoms with E-state index in [1.807, 2.05) is 38.1 Å². The van der Waals surface area contributed by atoms with Gasteiger partial charge < -0.3 is 9.15 Å². The fourth-order valence-corrected chi connectivity index (χ4v) is 4.21. The molecule has 1 aliphatic heterocycles. The molecule has 0 aliphatic carbocycles. The average molecular weight is 476 g/mol. The maximum absolute atomic E-state index is 12.8. The summed E-state index contributed by atoms with van der Waals surface area (Å²) in [5.41, 5.74) is 3.28. The Bertz CT molecular complexity index is 1220. The number of carbonyl (C=O) groups is 3. The van der Waals surface area contributed by atoms with Gasteiger partial charge in [-0.2, -0.15) is 0 Å². The Balaban J connectivity index is 1.43. The Hall–Kier alpha value is -3.58. The van der Waals surface area contributed by atoms with E-state index in [2.05, 4.69) is 0 Å². The minimum absolute atomic E-state index is 0.235. The van der Waals surface area contributed by atoms with Crippen molar-refractivity contribution in [2.75, 3.05) is 6.61 Å². The number of amides is 2. The predicted molar refractivity (Wildman–Crippen MR) is 132 cm³/mol. The molecule has 0 spiro atoms. The Morgan fingerprint density at radius 1 is 1.03 bits per heavy atom. The van der Waals surface area contributed by atoms with Crippen LogP contribution in [0.15, 0.2) is 70.0 Å². The second kappa shape index (κ2) is 10.6. The van der Waals surface area contributed by atoms with Gasteiger partial charge in [0.05, 0.1) is 23.6 Å². The quantitative estimate of drug-likeness (QED) is 0.212. The fourth-order valence-electron chi connectivity index (χ4n) is 3.39. The molecule has 1 fully saturated rings. The van der Waals surface area contributed by atoms with E-state index in [0.29, 0.717) is 28.6 Å². The maximum Gasteiger partial charge on any atom is 0.338 e. The van der Waals surface area contributed by atoms with E-state index in [4.69, 9.17) is 9.15 Å². The highest BCUT2D eigenvalue weighted by atomic mass is 32.2. The lowest BCUT2D eigenvalue weighted by atomic mass is 10.1. The highest BCUT2D eigenvalue weighted by molar-refractivity contribution is 8.18. The number of carbonyl (C=O) groups excluding carboxylic acids is 3. The van der Waals surface area contributed by atoms with E-state index in [9.17, 15) is 14.4 Å². The molecule has 2 amide bonds. The van der Waals surface area contributed by atoms with Crippen LogP contribution >= 0.6 is 11.8 Å². The standard InChI is InChI=1S/C27H25NO5S/c1-3-4-15-32-26(30)21-11-9-20(10-12-21)23-14-13-22(33-23)16-24-25(29)28(27(31)34-24)17-19-7-5-18(2)6-8-19/h5-14,16H,3-4,15,17H2,1-2H3/b24-16-. The van der Waals surface area contributed by atoms with Gasteiger partial charge in [0.1, 0.15) is 11.5 Å². The van der Waals surface area contributed by atoms with Gasteiger partial charge in [-0.1, -0.05) is 55.3 Å². The lowest BCUT2D eigenvalue weighted by Gasteiger charge is -2.12. The van der Waals surface area contributed by atoms with Crippen molar-refractivity contribution in [1.82, 2.24) is 4.90 Å². The van der Waals surface area contributed by atoms with Crippen LogP contribution in [0.25, 0.3) is 17.4 Å². The van der Waals surface area contributed by atoms with Crippen molar-refractivity contribution < 1.29 is 23.5 Å². The van der Waals surface area contributed by atoms with E-state index in [1.54, 1.807) is 42.5 Å². The number of benzene rings is 2. The van der Waals surface area contributed by atoms with E-state index in [-0.39, 0.29) is 23.7 Å². The van der Waals surface area contributed by atoms with Gasteiger partial charge >= 0.3 is 5.97 Å². The summed E-state index contributed by atoms with van der Waals surface area (Å²) in [5, 5.41) is -0.301. The summed E-state index contributed by atoms with van der Waals surface area (Å²) in [7, 11) is 0. The summed E-state index contributed by atoms with van der Waals surface area (Å²) < 4.78 is 11.1. The largest absolute Gasteiger partial charge is 0.462 e. The van der Waals surface area contributed by atoms with Crippen LogP contribution in [0.4, 0.5) is 4.79 Å². The number of aryl methyl sites for hydroxylation is 1. The van der Waals surface area contributed by atoms with Gasteiger partial charge in [-0.15, -0.1) is 0 Å². The highest BCUT2D eigenvalue weighted by Gasteiger charge is 2.35. The third kappa shape index (κ3) is 5.48. The van der Waals surface area contributed by atoms with Crippen LogP contribution in [0.3, 0.4) is 0 Å². The van der Waals surface area contributed by atoms with Gasteiger partial charge in [-0.3, -0.25) is 14.5 Å². The summed E-state index contributed by atoms with van der Waals surface area (Å²) in [6.45, 7) is 4.67. The zero-order valence-corrected chi connectivity index (χ0v) is 19.9. The average Bonchev–Trinajstić information content (AvgIpc) is 3.41. The van der Waals surface area contributed by atoms with Gasteiger partial charge in [0.2, 0.25) is 0 Å². The summed E-state index contributed by atoms with van der Waals surface area (Å²) in [6.07, 6.45) is 3.39. The minimum Gasteiger partial charge on any atom is -0.462 e. The van der Waals surface area contributed by atoms with Crippen LogP contribution in [-0.4, -0.2) is 28.6 Å². The molecule has 0 saturated carbocycles. The molecule has 0 atom stereocenters. The molecule has 0 bridgehead atoms. The van der Waals surface area contributed by atoms with Crippen molar-refractivity contribution in [3.8, 4) is 11.3 Å². The van der Waals surface area contributed by atoms with Crippen LogP contribution in [0.2, 0.25) is 0 Å². The molecule has 1 aromatic heterocycles. The molecule has 3 aromatic rings. The van der Waals surface area contributed by atoms with Gasteiger partial charge in [0, 0.05) is 11.6 Å². The molecule has 2 heterocycles. The second-order valence-corrected chi connectivity index (χ2v) is 9.02. The van der Waals surface area contributed by atoms with Crippen molar-refractivity contribution in [2.45, 2.75) is 33.2 Å². The molecule has 7 heteroatoms. The third-order valence-corrected chi connectivity index (χ3v) is 6.28. The fraction of sp³-hybridized carbons (Fsp3) is 0.222. The van der Waals surface area contributed by atoms with E-state index >= 15 is 0 Å². The zero-order valence-electron chi connectivity index (χ0n) is 19.1. The van der Waals surface area contributed by atoms with Crippen molar-refractivity contribution in [2.24, 2.45) is 0 Å². The summed E-state index contributed by atoms with van der Waals surface area (Å²) in [5.74, 6) is 0.385. The van der Waals surface area contributed by atoms with Crippen LogP contribution in [0.1, 0.15) is 47.0 Å². The van der Waals surface area contributed by atoms with Crippen molar-refractivity contribution >= 4 is 35.0 Å². The predicted octanol–water partition coefficient (Wildman–Crippen LogP) is 6.45. The third-order valence-electron chi connectivity index (χ3n) is 5.37. The molecular weight excluding hydrogens is 450 g/mol. The minimum atomic E-state index is -0.346. The zero-order chi connectivity index (χ0) is 24.1. The number of furan rings is 1. The molecule has 6 nitrogen and oxygen atoms in total. The van der Waals surface area contributed by atoms with E-state index < -0.39 is 0 Å². The molecule has 1 saturated heterocycles. The Morgan fingerprint density at radius 2 is 1.76 bits per heavy atom. The summed E-state index contributed by atoms with van der Waals surface area (Å²) >= 11 is 0.904. The highest BCUT2D eigenvalue weighted by Crippen LogP contribution is 2.34. The molecular formula is C27H25NO5S. The number of nitrogens with zero attached hydrogens (tertiary/aromatic N) is 1. The molecule has 4 rings (SSSR count). The van der Waals surface area contributed by atoms with Crippen LogP contribution in [0, 0.1) is 6.92 Å². The Labute approximate surface area is 202 Å². The molecule has 0 unspecified atom stereocenters. The number of thioether (sulfide) groups is 1. The number of ether oxygens (including phenoxy) is 1. The summed E-state index contributed by atoms with van der Waals surface area (Å²) in [4.78, 5) is 38.8. The van der Waals surface area contributed by atoms with Crippen molar-refractivity contribution in [3.63, 3.8) is 0 Å². The molecule has 34 heavy (non-hydrogen) atoms. The first-order chi connectivity index (χ1) is 16.4. The summed E-state index contributed by atoms with van der Waals surface area (Å²) in [6, 6.07) is 18.2. The topological polar surface area (TPSA) is 76.8 Å². The van der Waals surface area contributed by atoms with Crippen molar-refractivity contribution in [1.29, 1.82) is 0 Å².